The van der Waals surface area contributed by atoms with Crippen molar-refractivity contribution in [3.8, 4) is 0 Å². The van der Waals surface area contributed by atoms with E-state index in [9.17, 15) is 14.7 Å². The first-order chi connectivity index (χ1) is 11.1. The molecule has 2 atom stereocenters. The largest absolute Gasteiger partial charge is 0.481 e. The summed E-state index contributed by atoms with van der Waals surface area (Å²) in [6.07, 6.45) is 1.68. The normalized spacial score (nSPS) is 15.0. The van der Waals surface area contributed by atoms with Crippen LogP contribution in [0.4, 0.5) is 4.79 Å². The van der Waals surface area contributed by atoms with Gasteiger partial charge in [0.2, 0.25) is 0 Å². The van der Waals surface area contributed by atoms with Gasteiger partial charge in [0.1, 0.15) is 5.60 Å². The average molecular weight is 333 g/mol. The van der Waals surface area contributed by atoms with Gasteiger partial charge in [-0.1, -0.05) is 36.4 Å². The van der Waals surface area contributed by atoms with E-state index in [1.807, 2.05) is 30.3 Å². The van der Waals surface area contributed by atoms with Crippen LogP contribution in [0.5, 0.6) is 0 Å². The molecule has 0 bridgehead atoms. The van der Waals surface area contributed by atoms with Gasteiger partial charge in [-0.3, -0.25) is 4.79 Å². The molecule has 5 nitrogen and oxygen atoms in total. The van der Waals surface area contributed by atoms with Crippen molar-refractivity contribution in [1.29, 1.82) is 0 Å². The number of hydrogen-bond acceptors (Lipinski definition) is 3. The topological polar surface area (TPSA) is 75.6 Å². The number of rotatable bonds is 7. The van der Waals surface area contributed by atoms with Crippen molar-refractivity contribution in [2.24, 2.45) is 5.92 Å². The summed E-state index contributed by atoms with van der Waals surface area (Å²) in [5.74, 6) is -1.80. The van der Waals surface area contributed by atoms with Crippen LogP contribution in [0.25, 0.3) is 0 Å². The first-order valence-corrected chi connectivity index (χ1v) is 7.98. The van der Waals surface area contributed by atoms with E-state index < -0.39 is 29.1 Å². The number of hydrogen-bond donors (Lipinski definition) is 2. The Bertz CT molecular complexity index is 577. The quantitative estimate of drug-likeness (QED) is 0.744. The molecule has 0 aliphatic rings. The summed E-state index contributed by atoms with van der Waals surface area (Å²) in [5, 5.41) is 12.3. The zero-order valence-corrected chi connectivity index (χ0v) is 14.8. The van der Waals surface area contributed by atoms with Crippen LogP contribution in [0.2, 0.25) is 0 Å². The lowest BCUT2D eigenvalue weighted by Gasteiger charge is -2.38. The fourth-order valence-corrected chi connectivity index (χ4v) is 2.57. The van der Waals surface area contributed by atoms with Crippen molar-refractivity contribution in [3.63, 3.8) is 0 Å². The molecular formula is C19H27NO4. The minimum atomic E-state index is -1.02. The third-order valence-corrected chi connectivity index (χ3v) is 3.82. The molecule has 2 N–H and O–H groups in total. The zero-order valence-electron chi connectivity index (χ0n) is 14.8. The van der Waals surface area contributed by atoms with Crippen LogP contribution >= 0.6 is 0 Å². The van der Waals surface area contributed by atoms with Gasteiger partial charge in [0.15, 0.2) is 0 Å². The Morgan fingerprint density at radius 3 is 2.33 bits per heavy atom. The fraction of sp³-hybridized carbons (Fsp3) is 0.474. The van der Waals surface area contributed by atoms with Crippen molar-refractivity contribution in [1.82, 2.24) is 5.32 Å². The first kappa shape index (κ1) is 19.7. The van der Waals surface area contributed by atoms with Gasteiger partial charge in [-0.25, -0.2) is 4.79 Å². The molecular weight excluding hydrogens is 306 g/mol. The summed E-state index contributed by atoms with van der Waals surface area (Å²) in [5.41, 5.74) is -0.746. The molecule has 1 unspecified atom stereocenters. The maximum atomic E-state index is 12.3. The summed E-state index contributed by atoms with van der Waals surface area (Å²) in [7, 11) is 0. The molecule has 0 spiro atoms. The van der Waals surface area contributed by atoms with E-state index in [-0.39, 0.29) is 0 Å². The van der Waals surface area contributed by atoms with Crippen LogP contribution in [0.3, 0.4) is 0 Å². The number of carboxylic acid groups (broad SMARTS) is 1. The van der Waals surface area contributed by atoms with Crippen LogP contribution in [0.1, 0.15) is 39.7 Å². The van der Waals surface area contributed by atoms with Gasteiger partial charge in [-0.2, -0.15) is 0 Å². The highest BCUT2D eigenvalue weighted by Gasteiger charge is 2.41. The minimum absolute atomic E-state index is 0.314. The average Bonchev–Trinajstić information content (AvgIpc) is 2.45. The number of alkyl carbamates (subject to hydrolysis) is 1. The fourth-order valence-electron chi connectivity index (χ4n) is 2.57. The van der Waals surface area contributed by atoms with Crippen molar-refractivity contribution in [2.45, 2.75) is 51.7 Å². The molecule has 0 heterocycles. The van der Waals surface area contributed by atoms with Crippen molar-refractivity contribution >= 4 is 12.1 Å². The maximum Gasteiger partial charge on any atom is 0.408 e. The second kappa shape index (κ2) is 7.99. The van der Waals surface area contributed by atoms with Crippen molar-refractivity contribution < 1.29 is 19.4 Å². The summed E-state index contributed by atoms with van der Waals surface area (Å²) in [6.45, 7) is 10.6. The van der Waals surface area contributed by atoms with Crippen molar-refractivity contribution in [3.05, 3.63) is 48.6 Å². The van der Waals surface area contributed by atoms with Gasteiger partial charge in [0.25, 0.3) is 0 Å². The molecule has 0 saturated heterocycles. The highest BCUT2D eigenvalue weighted by atomic mass is 16.6. The molecule has 0 aromatic heterocycles. The van der Waals surface area contributed by atoms with Crippen LogP contribution in [0.15, 0.2) is 43.0 Å². The molecule has 0 aliphatic heterocycles. The predicted molar refractivity (Wildman–Crippen MR) is 93.9 cm³/mol. The smallest absolute Gasteiger partial charge is 0.408 e. The highest BCUT2D eigenvalue weighted by molar-refractivity contribution is 5.75. The van der Waals surface area contributed by atoms with Crippen LogP contribution in [0, 0.1) is 5.92 Å². The molecule has 1 amide bonds. The third kappa shape index (κ3) is 5.72. The van der Waals surface area contributed by atoms with Crippen LogP contribution < -0.4 is 5.32 Å². The second-order valence-electron chi connectivity index (χ2n) is 7.00. The number of aliphatic carboxylic acids is 1. The van der Waals surface area contributed by atoms with Gasteiger partial charge in [0.05, 0.1) is 11.5 Å². The predicted octanol–water partition coefficient (Wildman–Crippen LogP) is 3.79. The van der Waals surface area contributed by atoms with E-state index in [2.05, 4.69) is 11.9 Å². The van der Waals surface area contributed by atoms with E-state index in [1.165, 1.54) is 0 Å². The molecule has 132 valence electrons. The Balaban J connectivity index is 3.18. The van der Waals surface area contributed by atoms with Crippen molar-refractivity contribution in [2.75, 3.05) is 0 Å². The Labute approximate surface area is 143 Å². The van der Waals surface area contributed by atoms with Gasteiger partial charge in [-0.15, -0.1) is 6.58 Å². The number of ether oxygens (including phenoxy) is 1. The Hall–Kier alpha value is -2.30. The van der Waals surface area contributed by atoms with E-state index in [1.54, 1.807) is 33.8 Å². The van der Waals surface area contributed by atoms with Gasteiger partial charge in [-0.05, 0) is 46.1 Å². The van der Waals surface area contributed by atoms with E-state index in [0.29, 0.717) is 12.8 Å². The number of carbonyl (C=O) groups is 2. The Morgan fingerprint density at radius 1 is 1.29 bits per heavy atom. The number of amides is 1. The Morgan fingerprint density at radius 2 is 1.88 bits per heavy atom. The molecule has 0 aliphatic carbocycles. The van der Waals surface area contributed by atoms with E-state index in [4.69, 9.17) is 4.74 Å². The first-order valence-electron chi connectivity index (χ1n) is 7.98. The van der Waals surface area contributed by atoms with E-state index >= 15 is 0 Å². The van der Waals surface area contributed by atoms with Gasteiger partial charge < -0.3 is 15.2 Å². The molecule has 0 saturated carbocycles. The molecule has 1 aromatic rings. The summed E-state index contributed by atoms with van der Waals surface area (Å²) < 4.78 is 5.33. The van der Waals surface area contributed by atoms with E-state index in [0.717, 1.165) is 5.56 Å². The number of nitrogens with one attached hydrogen (secondary N) is 1. The summed E-state index contributed by atoms with van der Waals surface area (Å²) in [4.78, 5) is 24.0. The van der Waals surface area contributed by atoms with Gasteiger partial charge in [0, 0.05) is 0 Å². The van der Waals surface area contributed by atoms with Gasteiger partial charge >= 0.3 is 12.1 Å². The lowest BCUT2D eigenvalue weighted by molar-refractivity contribution is -0.144. The molecule has 5 heteroatoms. The van der Waals surface area contributed by atoms with Crippen LogP contribution in [-0.4, -0.2) is 28.3 Å². The molecule has 1 rings (SSSR count). The SMILES string of the molecule is C=CC[C@@](Cc1ccccc1)(NC(=O)OC(C)(C)C)C(C)C(=O)O. The monoisotopic (exact) mass is 333 g/mol. The zero-order chi connectivity index (χ0) is 18.4. The molecule has 24 heavy (non-hydrogen) atoms. The van der Waals surface area contributed by atoms with Crippen LogP contribution in [-0.2, 0) is 16.0 Å². The summed E-state index contributed by atoms with van der Waals surface area (Å²) in [6, 6.07) is 9.47. The number of carbonyl (C=O) groups excluding carboxylic acids is 1. The number of carboxylic acids is 1. The highest BCUT2D eigenvalue weighted by Crippen LogP contribution is 2.28. The maximum absolute atomic E-state index is 12.3. The summed E-state index contributed by atoms with van der Waals surface area (Å²) >= 11 is 0. The lowest BCUT2D eigenvalue weighted by atomic mass is 9.77. The third-order valence-electron chi connectivity index (χ3n) is 3.82. The minimum Gasteiger partial charge on any atom is -0.481 e. The standard InChI is InChI=1S/C19H27NO4/c1-6-12-19(14(2)16(21)22,13-15-10-8-7-9-11-15)20-17(23)24-18(3,4)5/h6-11,14H,1,12-13H2,2-5H3,(H,20,23)(H,21,22)/t14?,19-/m0/s1. The number of benzene rings is 1. The second-order valence-corrected chi connectivity index (χ2v) is 7.00. The Kier molecular flexibility index (Phi) is 6.58. The molecule has 0 fully saturated rings. The molecule has 0 radical (unpaired) electrons. The molecule has 1 aromatic carbocycles. The lowest BCUT2D eigenvalue weighted by Crippen LogP contribution is -2.57.